The van der Waals surface area contributed by atoms with Gasteiger partial charge in [0, 0.05) is 19.6 Å². The smallest absolute Gasteiger partial charge is 0.321 e. The van der Waals surface area contributed by atoms with Crippen molar-refractivity contribution in [1.82, 2.24) is 9.80 Å². The molecule has 5 nitrogen and oxygen atoms in total. The lowest BCUT2D eigenvalue weighted by atomic mass is 10.0. The normalized spacial score (nSPS) is 25.1. The standard InChI is InChI=1S/C14H24N2O3/c1-4-16(10-11-5-8-15(2)9-11)12(17)14(6-7-14)13(18)19-3/h11H,4-10H2,1-3H3. The minimum absolute atomic E-state index is 0.0311. The molecule has 1 aliphatic heterocycles. The van der Waals surface area contributed by atoms with E-state index in [4.69, 9.17) is 4.74 Å². The molecule has 0 spiro atoms. The van der Waals surface area contributed by atoms with Crippen LogP contribution in [0.5, 0.6) is 0 Å². The largest absolute Gasteiger partial charge is 0.468 e. The molecule has 1 aliphatic carbocycles. The van der Waals surface area contributed by atoms with E-state index >= 15 is 0 Å². The third-order valence-electron chi connectivity index (χ3n) is 4.37. The van der Waals surface area contributed by atoms with Crippen LogP contribution in [0.2, 0.25) is 0 Å². The molecule has 0 N–H and O–H groups in total. The molecule has 0 aromatic heterocycles. The summed E-state index contributed by atoms with van der Waals surface area (Å²) in [6.45, 7) is 5.54. The predicted octanol–water partition coefficient (Wildman–Crippen LogP) is 0.740. The molecule has 1 unspecified atom stereocenters. The van der Waals surface area contributed by atoms with E-state index in [1.54, 1.807) is 0 Å². The molecular weight excluding hydrogens is 244 g/mol. The quantitative estimate of drug-likeness (QED) is 0.545. The highest BCUT2D eigenvalue weighted by molar-refractivity contribution is 6.05. The molecule has 0 radical (unpaired) electrons. The number of methoxy groups -OCH3 is 1. The molecule has 2 fully saturated rings. The first kappa shape index (κ1) is 14.3. The maximum atomic E-state index is 12.5. The Morgan fingerprint density at radius 1 is 1.42 bits per heavy atom. The molecule has 1 amide bonds. The van der Waals surface area contributed by atoms with Crippen LogP contribution >= 0.6 is 0 Å². The number of nitrogens with zero attached hydrogens (tertiary/aromatic N) is 2. The van der Waals surface area contributed by atoms with Gasteiger partial charge >= 0.3 is 5.97 Å². The van der Waals surface area contributed by atoms with Crippen LogP contribution in [0, 0.1) is 11.3 Å². The zero-order chi connectivity index (χ0) is 14.0. The van der Waals surface area contributed by atoms with Crippen molar-refractivity contribution in [2.24, 2.45) is 11.3 Å². The summed E-state index contributed by atoms with van der Waals surface area (Å²) in [4.78, 5) is 28.4. The molecule has 108 valence electrons. The van der Waals surface area contributed by atoms with Crippen LogP contribution in [0.4, 0.5) is 0 Å². The summed E-state index contributed by atoms with van der Waals surface area (Å²) in [5.74, 6) is 0.137. The van der Waals surface area contributed by atoms with Crippen molar-refractivity contribution in [3.8, 4) is 0 Å². The Morgan fingerprint density at radius 2 is 2.11 bits per heavy atom. The summed E-state index contributed by atoms with van der Waals surface area (Å²) < 4.78 is 4.79. The molecule has 0 bridgehead atoms. The van der Waals surface area contributed by atoms with Gasteiger partial charge in [-0.15, -0.1) is 0 Å². The average Bonchev–Trinajstić information content (AvgIpc) is 3.13. The minimum Gasteiger partial charge on any atom is -0.468 e. The molecule has 19 heavy (non-hydrogen) atoms. The van der Waals surface area contributed by atoms with Crippen LogP contribution in [-0.2, 0) is 14.3 Å². The first-order chi connectivity index (χ1) is 9.03. The number of carbonyl (C=O) groups excluding carboxylic acids is 2. The Kier molecular flexibility index (Phi) is 4.13. The fourth-order valence-corrected chi connectivity index (χ4v) is 2.97. The van der Waals surface area contributed by atoms with Crippen LogP contribution in [0.15, 0.2) is 0 Å². The second-order valence-electron chi connectivity index (χ2n) is 5.83. The number of carbonyl (C=O) groups is 2. The summed E-state index contributed by atoms with van der Waals surface area (Å²) in [7, 11) is 3.47. The van der Waals surface area contributed by atoms with E-state index < -0.39 is 5.41 Å². The lowest BCUT2D eigenvalue weighted by molar-refractivity contribution is -0.156. The minimum atomic E-state index is -0.852. The molecular formula is C14H24N2O3. The van der Waals surface area contributed by atoms with E-state index in [-0.39, 0.29) is 11.9 Å². The zero-order valence-electron chi connectivity index (χ0n) is 12.1. The number of hydrogen-bond donors (Lipinski definition) is 0. The van der Waals surface area contributed by atoms with E-state index in [0.29, 0.717) is 25.3 Å². The zero-order valence-corrected chi connectivity index (χ0v) is 12.1. The van der Waals surface area contributed by atoms with Crippen LogP contribution in [0.3, 0.4) is 0 Å². The maximum Gasteiger partial charge on any atom is 0.321 e. The summed E-state index contributed by atoms with van der Waals surface area (Å²) in [5.41, 5.74) is -0.852. The van der Waals surface area contributed by atoms with Crippen LogP contribution in [0.25, 0.3) is 0 Å². The molecule has 0 aromatic rings. The third kappa shape index (κ3) is 2.76. The van der Waals surface area contributed by atoms with Gasteiger partial charge in [0.1, 0.15) is 5.41 Å². The average molecular weight is 268 g/mol. The number of hydrogen-bond acceptors (Lipinski definition) is 4. The molecule has 0 aromatic carbocycles. The maximum absolute atomic E-state index is 12.5. The Bertz CT molecular complexity index is 366. The van der Waals surface area contributed by atoms with Crippen molar-refractivity contribution in [3.63, 3.8) is 0 Å². The Morgan fingerprint density at radius 3 is 2.53 bits per heavy atom. The lowest BCUT2D eigenvalue weighted by Gasteiger charge is -2.27. The van der Waals surface area contributed by atoms with Gasteiger partial charge in [-0.3, -0.25) is 9.59 Å². The Labute approximate surface area is 114 Å². The molecule has 1 heterocycles. The van der Waals surface area contributed by atoms with Crippen molar-refractivity contribution < 1.29 is 14.3 Å². The monoisotopic (exact) mass is 268 g/mol. The van der Waals surface area contributed by atoms with Gasteiger partial charge in [0.15, 0.2) is 0 Å². The summed E-state index contributed by atoms with van der Waals surface area (Å²) in [6.07, 6.45) is 2.41. The molecule has 5 heteroatoms. The van der Waals surface area contributed by atoms with Crippen LogP contribution in [-0.4, -0.2) is 62.0 Å². The number of likely N-dealkylation sites (tertiary alicyclic amines) is 1. The Balaban J connectivity index is 1.98. The van der Waals surface area contributed by atoms with Gasteiger partial charge in [-0.05, 0) is 45.7 Å². The van der Waals surface area contributed by atoms with Gasteiger partial charge in [-0.2, -0.15) is 0 Å². The van der Waals surface area contributed by atoms with E-state index in [2.05, 4.69) is 11.9 Å². The topological polar surface area (TPSA) is 49.9 Å². The van der Waals surface area contributed by atoms with Gasteiger partial charge in [0.25, 0.3) is 0 Å². The second-order valence-corrected chi connectivity index (χ2v) is 5.83. The van der Waals surface area contributed by atoms with Gasteiger partial charge < -0.3 is 14.5 Å². The van der Waals surface area contributed by atoms with E-state index in [1.807, 2.05) is 11.8 Å². The number of rotatable bonds is 5. The van der Waals surface area contributed by atoms with Gasteiger partial charge in [0.05, 0.1) is 7.11 Å². The van der Waals surface area contributed by atoms with Crippen molar-refractivity contribution in [3.05, 3.63) is 0 Å². The fraction of sp³-hybridized carbons (Fsp3) is 0.857. The SMILES string of the molecule is CCN(CC1CCN(C)C1)C(=O)C1(C(=O)OC)CC1. The van der Waals surface area contributed by atoms with Crippen molar-refractivity contribution in [2.45, 2.75) is 26.2 Å². The van der Waals surface area contributed by atoms with Gasteiger partial charge in [-0.25, -0.2) is 0 Å². The Hall–Kier alpha value is -1.10. The van der Waals surface area contributed by atoms with E-state index in [0.717, 1.165) is 26.1 Å². The molecule has 1 saturated heterocycles. The summed E-state index contributed by atoms with van der Waals surface area (Å²) in [5, 5.41) is 0. The fourth-order valence-electron chi connectivity index (χ4n) is 2.97. The van der Waals surface area contributed by atoms with Crippen molar-refractivity contribution >= 4 is 11.9 Å². The van der Waals surface area contributed by atoms with Crippen molar-refractivity contribution in [1.29, 1.82) is 0 Å². The number of ether oxygens (including phenoxy) is 1. The van der Waals surface area contributed by atoms with E-state index in [1.165, 1.54) is 7.11 Å². The predicted molar refractivity (Wildman–Crippen MR) is 71.5 cm³/mol. The lowest BCUT2D eigenvalue weighted by Crippen LogP contribution is -2.43. The number of amides is 1. The highest BCUT2D eigenvalue weighted by atomic mass is 16.5. The summed E-state index contributed by atoms with van der Waals surface area (Å²) >= 11 is 0. The van der Waals surface area contributed by atoms with Crippen LogP contribution in [0.1, 0.15) is 26.2 Å². The second kappa shape index (κ2) is 5.49. The summed E-state index contributed by atoms with van der Waals surface area (Å²) in [6, 6.07) is 0. The van der Waals surface area contributed by atoms with Crippen molar-refractivity contribution in [2.75, 3.05) is 40.3 Å². The first-order valence-electron chi connectivity index (χ1n) is 7.10. The van der Waals surface area contributed by atoms with Gasteiger partial charge in [-0.1, -0.05) is 0 Å². The highest BCUT2D eigenvalue weighted by Crippen LogP contribution is 2.48. The number of esters is 1. The van der Waals surface area contributed by atoms with E-state index in [9.17, 15) is 9.59 Å². The molecule has 2 aliphatic rings. The van der Waals surface area contributed by atoms with Crippen LogP contribution < -0.4 is 0 Å². The highest BCUT2D eigenvalue weighted by Gasteiger charge is 2.59. The third-order valence-corrected chi connectivity index (χ3v) is 4.37. The molecule has 1 saturated carbocycles. The first-order valence-corrected chi connectivity index (χ1v) is 7.10. The molecule has 1 atom stereocenters. The molecule has 2 rings (SSSR count). The van der Waals surface area contributed by atoms with Gasteiger partial charge in [0.2, 0.25) is 5.91 Å².